The Labute approximate surface area is 128 Å². The van der Waals surface area contributed by atoms with E-state index in [1.54, 1.807) is 0 Å². The molecule has 0 saturated heterocycles. The maximum atomic E-state index is 4.59. The first kappa shape index (κ1) is 13.8. The van der Waals surface area contributed by atoms with Gasteiger partial charge in [-0.2, -0.15) is 0 Å². The van der Waals surface area contributed by atoms with Crippen LogP contribution in [0.25, 0.3) is 0 Å². The monoisotopic (exact) mass is 330 g/mol. The van der Waals surface area contributed by atoms with Crippen LogP contribution in [0.2, 0.25) is 0 Å². The fraction of sp³-hybridized carbons (Fsp3) is 0.353. The van der Waals surface area contributed by atoms with Gasteiger partial charge in [-0.25, -0.2) is 0 Å². The highest BCUT2D eigenvalue weighted by Gasteiger charge is 2.22. The number of aryl methyl sites for hydroxylation is 1. The lowest BCUT2D eigenvalue weighted by Crippen LogP contribution is -2.28. The van der Waals surface area contributed by atoms with Crippen LogP contribution in [0.15, 0.2) is 47.1 Å². The number of rotatable bonds is 3. The summed E-state index contributed by atoms with van der Waals surface area (Å²) in [7, 11) is 0. The predicted molar refractivity (Wildman–Crippen MR) is 85.6 cm³/mol. The molecule has 0 bridgehead atoms. The maximum absolute atomic E-state index is 4.59. The first-order valence-electron chi connectivity index (χ1n) is 7.19. The second-order valence-corrected chi connectivity index (χ2v) is 6.35. The topological polar surface area (TPSA) is 24.9 Å². The Morgan fingerprint density at radius 3 is 3.05 bits per heavy atom. The van der Waals surface area contributed by atoms with Gasteiger partial charge in [-0.3, -0.25) is 4.98 Å². The number of nitrogens with zero attached hydrogens (tertiary/aromatic N) is 1. The second-order valence-electron chi connectivity index (χ2n) is 5.44. The van der Waals surface area contributed by atoms with E-state index in [1.165, 1.54) is 29.7 Å². The molecular weight excluding hydrogens is 312 g/mol. The molecule has 0 spiro atoms. The van der Waals surface area contributed by atoms with Crippen molar-refractivity contribution in [1.29, 1.82) is 0 Å². The number of aromatic nitrogens is 1. The van der Waals surface area contributed by atoms with E-state index in [9.17, 15) is 0 Å². The predicted octanol–water partition coefficient (Wildman–Crippen LogP) is 4.57. The summed E-state index contributed by atoms with van der Waals surface area (Å²) >= 11 is 3.54. The summed E-state index contributed by atoms with van der Waals surface area (Å²) in [4.78, 5) is 4.59. The number of hydrogen-bond donors (Lipinski definition) is 1. The minimum absolute atomic E-state index is 0.324. The normalized spacial score (nSPS) is 19.4. The van der Waals surface area contributed by atoms with Crippen LogP contribution in [-0.4, -0.2) is 4.98 Å². The van der Waals surface area contributed by atoms with Crippen LogP contribution < -0.4 is 5.32 Å². The van der Waals surface area contributed by atoms with Crippen molar-refractivity contribution in [2.45, 2.75) is 38.3 Å². The molecular formula is C17H19BrN2. The Morgan fingerprint density at radius 2 is 2.20 bits per heavy atom. The van der Waals surface area contributed by atoms with Crippen molar-refractivity contribution in [1.82, 2.24) is 10.3 Å². The van der Waals surface area contributed by atoms with Crippen LogP contribution in [0.3, 0.4) is 0 Å². The summed E-state index contributed by atoms with van der Waals surface area (Å²) in [5.41, 5.74) is 3.95. The first-order chi connectivity index (χ1) is 9.74. The van der Waals surface area contributed by atoms with E-state index in [4.69, 9.17) is 0 Å². The molecule has 2 unspecified atom stereocenters. The summed E-state index contributed by atoms with van der Waals surface area (Å²) in [5, 5.41) is 3.74. The van der Waals surface area contributed by atoms with Gasteiger partial charge >= 0.3 is 0 Å². The van der Waals surface area contributed by atoms with Crippen molar-refractivity contribution in [2.24, 2.45) is 0 Å². The van der Waals surface area contributed by atoms with Gasteiger partial charge in [-0.1, -0.05) is 34.1 Å². The summed E-state index contributed by atoms with van der Waals surface area (Å²) in [6.07, 6.45) is 5.47. The second kappa shape index (κ2) is 6.06. The van der Waals surface area contributed by atoms with Gasteiger partial charge in [0.05, 0.1) is 11.7 Å². The van der Waals surface area contributed by atoms with E-state index in [0.29, 0.717) is 12.1 Å². The lowest BCUT2D eigenvalue weighted by molar-refractivity contribution is 0.406. The van der Waals surface area contributed by atoms with Gasteiger partial charge in [-0.15, -0.1) is 0 Å². The molecule has 1 N–H and O–H groups in total. The Kier molecular flexibility index (Phi) is 4.18. The number of hydrogen-bond acceptors (Lipinski definition) is 2. The van der Waals surface area contributed by atoms with Crippen molar-refractivity contribution in [3.05, 3.63) is 63.9 Å². The molecule has 0 radical (unpaired) electrons. The van der Waals surface area contributed by atoms with Gasteiger partial charge in [0.25, 0.3) is 0 Å². The van der Waals surface area contributed by atoms with Crippen molar-refractivity contribution in [3.63, 3.8) is 0 Å². The van der Waals surface area contributed by atoms with E-state index in [2.05, 4.69) is 63.5 Å². The van der Waals surface area contributed by atoms with Crippen LogP contribution >= 0.6 is 15.9 Å². The zero-order valence-electron chi connectivity index (χ0n) is 11.6. The van der Waals surface area contributed by atoms with Crippen LogP contribution in [0, 0.1) is 0 Å². The quantitative estimate of drug-likeness (QED) is 0.891. The highest BCUT2D eigenvalue weighted by Crippen LogP contribution is 2.30. The SMILES string of the molecule is CC(NC1CCCc2cccnc21)c1cccc(Br)c1. The Hall–Kier alpha value is -1.19. The van der Waals surface area contributed by atoms with Crippen molar-refractivity contribution in [3.8, 4) is 0 Å². The molecule has 0 fully saturated rings. The number of pyridine rings is 1. The van der Waals surface area contributed by atoms with Crippen LogP contribution in [0.4, 0.5) is 0 Å². The standard InChI is InChI=1S/C17H19BrN2/c1-12(14-6-2-8-15(18)11-14)20-16-9-3-5-13-7-4-10-19-17(13)16/h2,4,6-8,10-12,16,20H,3,5,9H2,1H3. The van der Waals surface area contributed by atoms with E-state index in [0.717, 1.165) is 10.9 Å². The number of fused-ring (bicyclic) bond motifs is 1. The maximum Gasteiger partial charge on any atom is 0.0605 e. The summed E-state index contributed by atoms with van der Waals surface area (Å²) in [6.45, 7) is 2.22. The molecule has 0 saturated carbocycles. The zero-order chi connectivity index (χ0) is 13.9. The van der Waals surface area contributed by atoms with E-state index < -0.39 is 0 Å². The molecule has 1 aliphatic rings. The van der Waals surface area contributed by atoms with Crippen LogP contribution in [0.5, 0.6) is 0 Å². The molecule has 1 aliphatic carbocycles. The number of halogens is 1. The van der Waals surface area contributed by atoms with Gasteiger partial charge in [0.15, 0.2) is 0 Å². The molecule has 2 nitrogen and oxygen atoms in total. The lowest BCUT2D eigenvalue weighted by Gasteiger charge is -2.28. The molecule has 1 aromatic carbocycles. The molecule has 20 heavy (non-hydrogen) atoms. The third kappa shape index (κ3) is 2.94. The Balaban J connectivity index is 1.79. The van der Waals surface area contributed by atoms with Crippen molar-refractivity contribution < 1.29 is 0 Å². The van der Waals surface area contributed by atoms with Crippen molar-refractivity contribution in [2.75, 3.05) is 0 Å². The van der Waals surface area contributed by atoms with E-state index in [1.807, 2.05) is 12.3 Å². The lowest BCUT2D eigenvalue weighted by atomic mass is 9.91. The van der Waals surface area contributed by atoms with Gasteiger partial charge in [0, 0.05) is 16.7 Å². The molecule has 0 aliphatic heterocycles. The van der Waals surface area contributed by atoms with Gasteiger partial charge < -0.3 is 5.32 Å². The molecule has 1 heterocycles. The third-order valence-electron chi connectivity index (χ3n) is 3.99. The first-order valence-corrected chi connectivity index (χ1v) is 7.98. The molecule has 0 amide bonds. The summed E-state index contributed by atoms with van der Waals surface area (Å²) in [5.74, 6) is 0. The molecule has 3 heteroatoms. The average molecular weight is 331 g/mol. The fourth-order valence-electron chi connectivity index (χ4n) is 2.95. The van der Waals surface area contributed by atoms with Gasteiger partial charge in [0.1, 0.15) is 0 Å². The van der Waals surface area contributed by atoms with Gasteiger partial charge in [0.2, 0.25) is 0 Å². The van der Waals surface area contributed by atoms with Crippen molar-refractivity contribution >= 4 is 15.9 Å². The highest BCUT2D eigenvalue weighted by molar-refractivity contribution is 9.10. The number of benzene rings is 1. The molecule has 3 rings (SSSR count). The number of nitrogens with one attached hydrogen (secondary N) is 1. The molecule has 2 atom stereocenters. The van der Waals surface area contributed by atoms with E-state index >= 15 is 0 Å². The zero-order valence-corrected chi connectivity index (χ0v) is 13.2. The van der Waals surface area contributed by atoms with Crippen LogP contribution in [-0.2, 0) is 6.42 Å². The minimum Gasteiger partial charge on any atom is -0.302 e. The molecule has 104 valence electrons. The third-order valence-corrected chi connectivity index (χ3v) is 4.49. The van der Waals surface area contributed by atoms with E-state index in [-0.39, 0.29) is 0 Å². The average Bonchev–Trinajstić information content (AvgIpc) is 2.47. The Morgan fingerprint density at radius 1 is 1.30 bits per heavy atom. The minimum atomic E-state index is 0.324. The summed E-state index contributed by atoms with van der Waals surface area (Å²) < 4.78 is 1.13. The molecule has 1 aromatic heterocycles. The molecule has 2 aromatic rings. The van der Waals surface area contributed by atoms with Gasteiger partial charge in [-0.05, 0) is 55.5 Å². The largest absolute Gasteiger partial charge is 0.302 e. The highest BCUT2D eigenvalue weighted by atomic mass is 79.9. The van der Waals surface area contributed by atoms with Crippen LogP contribution in [0.1, 0.15) is 48.7 Å². The Bertz CT molecular complexity index is 597. The fourth-order valence-corrected chi connectivity index (χ4v) is 3.36. The summed E-state index contributed by atoms with van der Waals surface area (Å²) in [6, 6.07) is 13.4. The smallest absolute Gasteiger partial charge is 0.0605 e.